The van der Waals surface area contributed by atoms with E-state index in [1.165, 1.54) is 42.5 Å². The molecule has 1 aliphatic carbocycles. The Bertz CT molecular complexity index is 706. The molecular formula is C26H36OSi. The third-order valence-corrected chi connectivity index (χ3v) is 11.3. The van der Waals surface area contributed by atoms with Crippen LogP contribution in [0.4, 0.5) is 0 Å². The summed E-state index contributed by atoms with van der Waals surface area (Å²) in [6.07, 6.45) is 11.1. The average Bonchev–Trinajstić information content (AvgIpc) is 2.71. The Balaban J connectivity index is 2.01. The van der Waals surface area contributed by atoms with Crippen LogP contribution < -0.4 is 10.4 Å². The Morgan fingerprint density at radius 3 is 2.00 bits per heavy atom. The quantitative estimate of drug-likeness (QED) is 0.427. The molecule has 0 N–H and O–H groups in total. The molecule has 1 nitrogen and oxygen atoms in total. The van der Waals surface area contributed by atoms with E-state index in [2.05, 4.69) is 101 Å². The maximum Gasteiger partial charge on any atom is 0.261 e. The summed E-state index contributed by atoms with van der Waals surface area (Å²) < 4.78 is 7.34. The first-order valence-corrected chi connectivity index (χ1v) is 12.8. The summed E-state index contributed by atoms with van der Waals surface area (Å²) in [7, 11) is -2.42. The van der Waals surface area contributed by atoms with E-state index in [9.17, 15) is 0 Å². The topological polar surface area (TPSA) is 9.23 Å². The lowest BCUT2D eigenvalue weighted by atomic mass is 9.85. The minimum absolute atomic E-state index is 0.0615. The van der Waals surface area contributed by atoms with E-state index in [4.69, 9.17) is 4.43 Å². The fourth-order valence-electron chi connectivity index (χ4n) is 4.83. The van der Waals surface area contributed by atoms with Crippen LogP contribution in [0.3, 0.4) is 0 Å². The van der Waals surface area contributed by atoms with Gasteiger partial charge in [0, 0.05) is 6.10 Å². The summed E-state index contributed by atoms with van der Waals surface area (Å²) in [6.45, 7) is 9.25. The van der Waals surface area contributed by atoms with E-state index in [-0.39, 0.29) is 5.04 Å². The molecule has 0 aliphatic heterocycles. The molecule has 0 heterocycles. The van der Waals surface area contributed by atoms with Crippen LogP contribution in [0.25, 0.3) is 0 Å². The fraction of sp³-hybridized carbons (Fsp3) is 0.462. The molecule has 0 radical (unpaired) electrons. The molecule has 2 unspecified atom stereocenters. The van der Waals surface area contributed by atoms with Gasteiger partial charge in [0.1, 0.15) is 0 Å². The highest BCUT2D eigenvalue weighted by Crippen LogP contribution is 2.40. The minimum atomic E-state index is -2.42. The third kappa shape index (κ3) is 4.50. The number of hydrogen-bond donors (Lipinski definition) is 0. The van der Waals surface area contributed by atoms with Crippen LogP contribution >= 0.6 is 0 Å². The second-order valence-electron chi connectivity index (χ2n) is 9.24. The van der Waals surface area contributed by atoms with Crippen LogP contribution in [0.15, 0.2) is 72.8 Å². The predicted molar refractivity (Wildman–Crippen MR) is 124 cm³/mol. The zero-order valence-electron chi connectivity index (χ0n) is 18.0. The van der Waals surface area contributed by atoms with Gasteiger partial charge in [-0.3, -0.25) is 0 Å². The molecule has 1 fully saturated rings. The second-order valence-corrected chi connectivity index (χ2v) is 13.5. The molecule has 2 atom stereocenters. The van der Waals surface area contributed by atoms with Crippen molar-refractivity contribution in [2.75, 3.05) is 0 Å². The van der Waals surface area contributed by atoms with Crippen molar-refractivity contribution >= 4 is 18.7 Å². The monoisotopic (exact) mass is 392 g/mol. The van der Waals surface area contributed by atoms with Crippen LogP contribution in [0.5, 0.6) is 0 Å². The number of benzene rings is 2. The zero-order chi connectivity index (χ0) is 20.0. The van der Waals surface area contributed by atoms with Crippen LogP contribution in [-0.4, -0.2) is 14.4 Å². The van der Waals surface area contributed by atoms with Crippen molar-refractivity contribution in [2.24, 2.45) is 5.92 Å². The van der Waals surface area contributed by atoms with Crippen LogP contribution in [0.1, 0.15) is 59.8 Å². The molecule has 0 bridgehead atoms. The van der Waals surface area contributed by atoms with E-state index < -0.39 is 8.32 Å². The maximum atomic E-state index is 7.34. The molecule has 2 heteroatoms. The van der Waals surface area contributed by atoms with E-state index in [1.807, 2.05) is 0 Å². The molecule has 0 spiro atoms. The van der Waals surface area contributed by atoms with E-state index >= 15 is 0 Å². The lowest BCUT2D eigenvalue weighted by Crippen LogP contribution is -2.67. The molecule has 3 rings (SSSR count). The molecular weight excluding hydrogens is 356 g/mol. The van der Waals surface area contributed by atoms with E-state index in [0.717, 1.165) is 5.92 Å². The SMILES string of the molecule is CC=CCC1CCCC(O[Si](c2ccccc2)(c2ccccc2)C(C)(C)C)C1. The molecule has 150 valence electrons. The molecule has 2 aromatic rings. The predicted octanol–water partition coefficient (Wildman–Crippen LogP) is 6.09. The molecule has 1 saturated carbocycles. The molecule has 0 saturated heterocycles. The summed E-state index contributed by atoms with van der Waals surface area (Å²) in [5.74, 6) is 0.758. The Hall–Kier alpha value is -1.64. The highest BCUT2D eigenvalue weighted by atomic mass is 28.4. The first-order chi connectivity index (χ1) is 13.5. The van der Waals surface area contributed by atoms with Crippen molar-refractivity contribution in [2.45, 2.75) is 70.9 Å². The number of allylic oxidation sites excluding steroid dienone is 2. The van der Waals surface area contributed by atoms with Crippen molar-refractivity contribution in [3.8, 4) is 0 Å². The van der Waals surface area contributed by atoms with Gasteiger partial charge in [-0.25, -0.2) is 0 Å². The highest BCUT2D eigenvalue weighted by molar-refractivity contribution is 6.99. The summed E-state index contributed by atoms with van der Waals surface area (Å²) in [4.78, 5) is 0. The van der Waals surface area contributed by atoms with Crippen molar-refractivity contribution in [3.05, 3.63) is 72.8 Å². The number of rotatable bonds is 6. The van der Waals surface area contributed by atoms with E-state index in [1.54, 1.807) is 0 Å². The first-order valence-electron chi connectivity index (χ1n) is 10.9. The van der Waals surface area contributed by atoms with Crippen LogP contribution in [0.2, 0.25) is 5.04 Å². The summed E-state index contributed by atoms with van der Waals surface area (Å²) in [6, 6.07) is 22.1. The van der Waals surface area contributed by atoms with Crippen molar-refractivity contribution < 1.29 is 4.43 Å². The van der Waals surface area contributed by atoms with Crippen LogP contribution in [-0.2, 0) is 4.43 Å². The number of hydrogen-bond acceptors (Lipinski definition) is 1. The standard InChI is InChI=1S/C26H36OSi/c1-5-6-14-22-15-13-16-23(21-22)27-28(26(2,3)4,24-17-9-7-10-18-24)25-19-11-8-12-20-25/h5-12,17-20,22-23H,13-16,21H2,1-4H3. The van der Waals surface area contributed by atoms with Crippen molar-refractivity contribution in [1.82, 2.24) is 0 Å². The van der Waals surface area contributed by atoms with Gasteiger partial charge in [0.05, 0.1) is 0 Å². The second kappa shape index (κ2) is 9.24. The van der Waals surface area contributed by atoms with Gasteiger partial charge >= 0.3 is 0 Å². The smallest absolute Gasteiger partial charge is 0.261 e. The molecule has 0 aromatic heterocycles. The Kier molecular flexibility index (Phi) is 6.95. The zero-order valence-corrected chi connectivity index (χ0v) is 19.0. The van der Waals surface area contributed by atoms with Gasteiger partial charge in [0.2, 0.25) is 0 Å². The van der Waals surface area contributed by atoms with Crippen molar-refractivity contribution in [3.63, 3.8) is 0 Å². The van der Waals surface area contributed by atoms with Gasteiger partial charge in [-0.1, -0.05) is 100 Å². The summed E-state index contributed by atoms with van der Waals surface area (Å²) >= 11 is 0. The molecule has 0 amide bonds. The Morgan fingerprint density at radius 1 is 0.929 bits per heavy atom. The van der Waals surface area contributed by atoms with Gasteiger partial charge in [0.25, 0.3) is 8.32 Å². The van der Waals surface area contributed by atoms with Gasteiger partial charge in [-0.05, 0) is 53.9 Å². The highest BCUT2D eigenvalue weighted by Gasteiger charge is 2.51. The summed E-state index contributed by atoms with van der Waals surface area (Å²) in [5, 5.41) is 2.85. The first kappa shape index (κ1) is 21.1. The Morgan fingerprint density at radius 2 is 1.50 bits per heavy atom. The van der Waals surface area contributed by atoms with Gasteiger partial charge in [0.15, 0.2) is 0 Å². The molecule has 2 aromatic carbocycles. The van der Waals surface area contributed by atoms with Crippen molar-refractivity contribution in [1.29, 1.82) is 0 Å². The normalized spacial score (nSPS) is 21.1. The van der Waals surface area contributed by atoms with Gasteiger partial charge < -0.3 is 4.43 Å². The van der Waals surface area contributed by atoms with Crippen LogP contribution in [0, 0.1) is 5.92 Å². The molecule has 28 heavy (non-hydrogen) atoms. The fourth-order valence-corrected chi connectivity index (χ4v) is 9.56. The van der Waals surface area contributed by atoms with Gasteiger partial charge in [-0.2, -0.15) is 0 Å². The third-order valence-electron chi connectivity index (χ3n) is 6.20. The Labute approximate surface area is 173 Å². The lowest BCUT2D eigenvalue weighted by Gasteiger charge is -2.46. The van der Waals surface area contributed by atoms with Gasteiger partial charge in [-0.15, -0.1) is 0 Å². The largest absolute Gasteiger partial charge is 0.404 e. The summed E-state index contributed by atoms with van der Waals surface area (Å²) in [5.41, 5.74) is 0. The minimum Gasteiger partial charge on any atom is -0.404 e. The average molecular weight is 393 g/mol. The lowest BCUT2D eigenvalue weighted by molar-refractivity contribution is 0.114. The molecule has 1 aliphatic rings. The maximum absolute atomic E-state index is 7.34. The van der Waals surface area contributed by atoms with E-state index in [0.29, 0.717) is 6.10 Å².